The fourth-order valence-corrected chi connectivity index (χ4v) is 2.32. The highest BCUT2D eigenvalue weighted by molar-refractivity contribution is 6.43. The van der Waals surface area contributed by atoms with E-state index in [9.17, 15) is 9.90 Å². The number of nitrogens with one attached hydrogen (secondary N) is 1. The SMILES string of the molecule is C/C(=N\NC(=O)COc1cc(Cl)c(Cl)cc1Cl)c1cccc(O)c1. The predicted octanol–water partition coefficient (Wildman–Crippen LogP) is 4.27. The third-order valence-corrected chi connectivity index (χ3v) is 3.96. The van der Waals surface area contributed by atoms with E-state index in [1.807, 2.05) is 0 Å². The summed E-state index contributed by atoms with van der Waals surface area (Å²) in [5.74, 6) is -0.113. The van der Waals surface area contributed by atoms with E-state index in [4.69, 9.17) is 39.5 Å². The molecule has 0 radical (unpaired) electrons. The van der Waals surface area contributed by atoms with Gasteiger partial charge in [0.1, 0.15) is 11.5 Å². The maximum atomic E-state index is 11.8. The number of halogens is 3. The van der Waals surface area contributed by atoms with E-state index in [1.165, 1.54) is 18.2 Å². The Balaban J connectivity index is 1.94. The molecule has 0 aliphatic rings. The summed E-state index contributed by atoms with van der Waals surface area (Å²) in [7, 11) is 0. The third kappa shape index (κ3) is 5.03. The maximum absolute atomic E-state index is 11.8. The average molecular weight is 388 g/mol. The smallest absolute Gasteiger partial charge is 0.277 e. The van der Waals surface area contributed by atoms with Crippen molar-refractivity contribution in [3.8, 4) is 11.5 Å². The molecule has 0 heterocycles. The number of aromatic hydroxyl groups is 1. The van der Waals surface area contributed by atoms with E-state index in [-0.39, 0.29) is 28.2 Å². The lowest BCUT2D eigenvalue weighted by Gasteiger charge is -2.08. The maximum Gasteiger partial charge on any atom is 0.277 e. The molecular weight excluding hydrogens is 375 g/mol. The molecule has 2 rings (SSSR count). The van der Waals surface area contributed by atoms with Crippen LogP contribution < -0.4 is 10.2 Å². The normalized spacial score (nSPS) is 11.2. The lowest BCUT2D eigenvalue weighted by molar-refractivity contribution is -0.123. The van der Waals surface area contributed by atoms with Crippen LogP contribution in [0.2, 0.25) is 15.1 Å². The Hall–Kier alpha value is -1.95. The van der Waals surface area contributed by atoms with E-state index in [2.05, 4.69) is 10.5 Å². The lowest BCUT2D eigenvalue weighted by atomic mass is 10.1. The Morgan fingerprint density at radius 1 is 1.17 bits per heavy atom. The zero-order valence-corrected chi connectivity index (χ0v) is 14.8. The average Bonchev–Trinajstić information content (AvgIpc) is 2.54. The molecule has 0 unspecified atom stereocenters. The summed E-state index contributed by atoms with van der Waals surface area (Å²) < 4.78 is 5.30. The highest BCUT2D eigenvalue weighted by Crippen LogP contribution is 2.33. The van der Waals surface area contributed by atoms with Gasteiger partial charge in [-0.1, -0.05) is 46.9 Å². The van der Waals surface area contributed by atoms with Crippen molar-refractivity contribution in [2.75, 3.05) is 6.61 Å². The number of phenolic OH excluding ortho intramolecular Hbond substituents is 1. The fraction of sp³-hybridized carbons (Fsp3) is 0.125. The van der Waals surface area contributed by atoms with Crippen LogP contribution in [-0.4, -0.2) is 23.3 Å². The second-order valence-electron chi connectivity index (χ2n) is 4.77. The van der Waals surface area contributed by atoms with Crippen molar-refractivity contribution < 1.29 is 14.6 Å². The van der Waals surface area contributed by atoms with E-state index in [0.717, 1.165) is 0 Å². The van der Waals surface area contributed by atoms with Gasteiger partial charge in [-0.15, -0.1) is 0 Å². The molecule has 2 aromatic rings. The monoisotopic (exact) mass is 386 g/mol. The van der Waals surface area contributed by atoms with Gasteiger partial charge in [0.05, 0.1) is 20.8 Å². The molecule has 0 atom stereocenters. The highest BCUT2D eigenvalue weighted by atomic mass is 35.5. The van der Waals surface area contributed by atoms with Gasteiger partial charge in [-0.3, -0.25) is 4.79 Å². The van der Waals surface area contributed by atoms with Crippen molar-refractivity contribution in [1.29, 1.82) is 0 Å². The van der Waals surface area contributed by atoms with Crippen molar-refractivity contribution >= 4 is 46.4 Å². The minimum atomic E-state index is -0.475. The summed E-state index contributed by atoms with van der Waals surface area (Å²) in [4.78, 5) is 11.8. The molecule has 2 N–H and O–H groups in total. The van der Waals surface area contributed by atoms with E-state index < -0.39 is 5.91 Å². The quantitative estimate of drug-likeness (QED) is 0.457. The molecule has 5 nitrogen and oxygen atoms in total. The lowest BCUT2D eigenvalue weighted by Crippen LogP contribution is -2.25. The van der Waals surface area contributed by atoms with Gasteiger partial charge in [0.25, 0.3) is 5.91 Å². The molecule has 0 fully saturated rings. The second kappa shape index (κ2) is 8.24. The van der Waals surface area contributed by atoms with Crippen LogP contribution in [-0.2, 0) is 4.79 Å². The number of amides is 1. The molecule has 126 valence electrons. The van der Waals surface area contributed by atoms with Gasteiger partial charge >= 0.3 is 0 Å². The molecule has 0 aromatic heterocycles. The number of hydrazone groups is 1. The first-order valence-corrected chi connectivity index (χ1v) is 7.90. The Morgan fingerprint density at radius 2 is 1.88 bits per heavy atom. The largest absolute Gasteiger partial charge is 0.508 e. The summed E-state index contributed by atoms with van der Waals surface area (Å²) in [6, 6.07) is 9.39. The van der Waals surface area contributed by atoms with Crippen LogP contribution in [0.1, 0.15) is 12.5 Å². The number of ether oxygens (including phenoxy) is 1. The second-order valence-corrected chi connectivity index (χ2v) is 5.99. The van der Waals surface area contributed by atoms with Crippen molar-refractivity contribution in [3.05, 3.63) is 57.0 Å². The van der Waals surface area contributed by atoms with Gasteiger partial charge in [-0.2, -0.15) is 5.10 Å². The summed E-state index contributed by atoms with van der Waals surface area (Å²) in [6.07, 6.45) is 0. The zero-order valence-electron chi connectivity index (χ0n) is 12.5. The first-order valence-electron chi connectivity index (χ1n) is 6.76. The molecule has 0 spiro atoms. The third-order valence-electron chi connectivity index (χ3n) is 2.95. The number of benzene rings is 2. The van der Waals surface area contributed by atoms with Gasteiger partial charge in [0, 0.05) is 11.6 Å². The van der Waals surface area contributed by atoms with E-state index in [0.29, 0.717) is 16.3 Å². The molecule has 2 aromatic carbocycles. The van der Waals surface area contributed by atoms with Gasteiger partial charge in [0.15, 0.2) is 6.61 Å². The highest BCUT2D eigenvalue weighted by Gasteiger charge is 2.09. The molecule has 1 amide bonds. The first-order chi connectivity index (χ1) is 11.4. The molecule has 0 bridgehead atoms. The van der Waals surface area contributed by atoms with Crippen molar-refractivity contribution in [1.82, 2.24) is 5.43 Å². The van der Waals surface area contributed by atoms with Crippen LogP contribution in [0.3, 0.4) is 0 Å². The van der Waals surface area contributed by atoms with Gasteiger partial charge < -0.3 is 9.84 Å². The number of phenols is 1. The molecule has 0 saturated heterocycles. The Morgan fingerprint density at radius 3 is 2.58 bits per heavy atom. The number of carbonyl (C=O) groups is 1. The van der Waals surface area contributed by atoms with Crippen LogP contribution in [0.25, 0.3) is 0 Å². The molecule has 24 heavy (non-hydrogen) atoms. The fourth-order valence-electron chi connectivity index (χ4n) is 1.73. The summed E-state index contributed by atoms with van der Waals surface area (Å²) in [5.41, 5.74) is 3.57. The Kier molecular flexibility index (Phi) is 6.31. The zero-order chi connectivity index (χ0) is 17.7. The minimum absolute atomic E-state index is 0.117. The Bertz CT molecular complexity index is 794. The molecule has 0 saturated carbocycles. The molecular formula is C16H13Cl3N2O3. The Labute approximate surface area is 153 Å². The molecule has 0 aliphatic heterocycles. The van der Waals surface area contributed by atoms with Crippen LogP contribution in [0.4, 0.5) is 0 Å². The van der Waals surface area contributed by atoms with E-state index >= 15 is 0 Å². The van der Waals surface area contributed by atoms with Crippen molar-refractivity contribution in [2.45, 2.75) is 6.92 Å². The summed E-state index contributed by atoms with van der Waals surface area (Å²) in [5, 5.41) is 14.2. The van der Waals surface area contributed by atoms with Crippen LogP contribution in [0.5, 0.6) is 11.5 Å². The molecule has 8 heteroatoms. The van der Waals surface area contributed by atoms with Gasteiger partial charge in [0.2, 0.25) is 0 Å². The van der Waals surface area contributed by atoms with Crippen LogP contribution >= 0.6 is 34.8 Å². The summed E-state index contributed by atoms with van der Waals surface area (Å²) in [6.45, 7) is 1.40. The van der Waals surface area contributed by atoms with Crippen molar-refractivity contribution in [2.24, 2.45) is 5.10 Å². The van der Waals surface area contributed by atoms with Gasteiger partial charge in [-0.25, -0.2) is 5.43 Å². The van der Waals surface area contributed by atoms with E-state index in [1.54, 1.807) is 25.1 Å². The number of nitrogens with zero attached hydrogens (tertiary/aromatic N) is 1. The number of hydrogen-bond donors (Lipinski definition) is 2. The van der Waals surface area contributed by atoms with Gasteiger partial charge in [-0.05, 0) is 25.1 Å². The first kappa shape index (κ1) is 18.4. The minimum Gasteiger partial charge on any atom is -0.508 e. The van der Waals surface area contributed by atoms with Crippen LogP contribution in [0.15, 0.2) is 41.5 Å². The molecule has 0 aliphatic carbocycles. The number of carbonyl (C=O) groups excluding carboxylic acids is 1. The van der Waals surface area contributed by atoms with Crippen molar-refractivity contribution in [3.63, 3.8) is 0 Å². The topological polar surface area (TPSA) is 70.9 Å². The predicted molar refractivity (Wildman–Crippen MR) is 95.4 cm³/mol. The summed E-state index contributed by atoms with van der Waals surface area (Å²) >= 11 is 17.6. The number of rotatable bonds is 5. The number of hydrogen-bond acceptors (Lipinski definition) is 4. The standard InChI is InChI=1S/C16H13Cl3N2O3/c1-9(10-3-2-4-11(22)5-10)20-21-16(23)8-24-15-7-13(18)12(17)6-14(15)19/h2-7,22H,8H2,1H3,(H,21,23)/b20-9+. The van der Waals surface area contributed by atoms with Crippen LogP contribution in [0, 0.1) is 0 Å².